The Morgan fingerprint density at radius 3 is 2.76 bits per heavy atom. The molecule has 2 rings (SSSR count). The lowest BCUT2D eigenvalue weighted by Gasteiger charge is -2.16. The van der Waals surface area contributed by atoms with E-state index in [1.807, 2.05) is 17.4 Å². The van der Waals surface area contributed by atoms with Crippen molar-refractivity contribution in [3.63, 3.8) is 0 Å². The minimum Gasteiger partial charge on any atom is -0.312 e. The molecule has 0 saturated carbocycles. The molecule has 0 aliphatic heterocycles. The van der Waals surface area contributed by atoms with Crippen LogP contribution in [0.3, 0.4) is 0 Å². The van der Waals surface area contributed by atoms with E-state index in [0.29, 0.717) is 0 Å². The number of hydrogen-bond donors (Lipinski definition) is 1. The Morgan fingerprint density at radius 2 is 2.05 bits per heavy atom. The van der Waals surface area contributed by atoms with Crippen LogP contribution in [0.4, 0.5) is 4.39 Å². The maximum atomic E-state index is 13.2. The highest BCUT2D eigenvalue weighted by Gasteiger charge is 2.09. The van der Waals surface area contributed by atoms with Gasteiger partial charge >= 0.3 is 0 Å². The van der Waals surface area contributed by atoms with E-state index in [1.165, 1.54) is 21.4 Å². The van der Waals surface area contributed by atoms with Gasteiger partial charge in [0.2, 0.25) is 0 Å². The molecule has 21 heavy (non-hydrogen) atoms. The summed E-state index contributed by atoms with van der Waals surface area (Å²) in [4.78, 5) is 4.97. The Balaban J connectivity index is 1.96. The van der Waals surface area contributed by atoms with Gasteiger partial charge in [-0.1, -0.05) is 19.1 Å². The summed E-state index contributed by atoms with van der Waals surface area (Å²) in [6, 6.07) is 9.11. The summed E-state index contributed by atoms with van der Waals surface area (Å²) in [5, 5.41) is 3.36. The second-order valence-corrected chi connectivity index (χ2v) is 6.72. The van der Waals surface area contributed by atoms with Crippen molar-refractivity contribution in [1.29, 1.82) is 0 Å². The van der Waals surface area contributed by atoms with Gasteiger partial charge < -0.3 is 5.32 Å². The number of hydrogen-bond acceptors (Lipinski definition) is 3. The van der Waals surface area contributed by atoms with Crippen LogP contribution in [0.5, 0.6) is 0 Å². The highest BCUT2D eigenvalue weighted by atomic mass is 32.1. The predicted molar refractivity (Wildman–Crippen MR) is 88.0 cm³/mol. The number of nitrogens with one attached hydrogen (secondary N) is 1. The van der Waals surface area contributed by atoms with Crippen LogP contribution in [0.1, 0.15) is 27.8 Å². The molecule has 2 aromatic rings. The summed E-state index contributed by atoms with van der Waals surface area (Å²) in [5.74, 6) is -0.166. The number of aryl methyl sites for hydroxylation is 1. The van der Waals surface area contributed by atoms with Gasteiger partial charge in [-0.05, 0) is 49.8 Å². The molecule has 1 N–H and O–H groups in total. The number of halogens is 1. The van der Waals surface area contributed by atoms with Crippen LogP contribution in [0.25, 0.3) is 0 Å². The molecule has 1 aromatic carbocycles. The van der Waals surface area contributed by atoms with Crippen LogP contribution in [-0.4, -0.2) is 18.5 Å². The molecule has 0 amide bonds. The Kier molecular flexibility index (Phi) is 5.91. The zero-order chi connectivity index (χ0) is 15.2. The van der Waals surface area contributed by atoms with E-state index < -0.39 is 0 Å². The lowest BCUT2D eigenvalue weighted by Crippen LogP contribution is -2.17. The van der Waals surface area contributed by atoms with Crippen molar-refractivity contribution in [2.45, 2.75) is 33.5 Å². The Hall–Kier alpha value is -1.23. The predicted octanol–water partition coefficient (Wildman–Crippen LogP) is 3.94. The summed E-state index contributed by atoms with van der Waals surface area (Å²) in [6.07, 6.45) is 0. The molecule has 0 aliphatic carbocycles. The van der Waals surface area contributed by atoms with E-state index in [4.69, 9.17) is 0 Å². The Bertz CT molecular complexity index is 580. The number of benzene rings is 1. The molecular weight excluding hydrogens is 283 g/mol. The van der Waals surface area contributed by atoms with Crippen molar-refractivity contribution < 1.29 is 4.39 Å². The van der Waals surface area contributed by atoms with Crippen molar-refractivity contribution in [2.24, 2.45) is 0 Å². The van der Waals surface area contributed by atoms with Gasteiger partial charge in [0.1, 0.15) is 5.82 Å². The minimum absolute atomic E-state index is 0.166. The second kappa shape index (κ2) is 7.69. The maximum absolute atomic E-state index is 13.2. The average Bonchev–Trinajstić information content (AvgIpc) is 2.77. The van der Waals surface area contributed by atoms with E-state index in [2.05, 4.69) is 37.2 Å². The summed E-state index contributed by atoms with van der Waals surface area (Å²) in [7, 11) is 2.08. The van der Waals surface area contributed by atoms with Gasteiger partial charge in [0.05, 0.1) is 0 Å². The van der Waals surface area contributed by atoms with Crippen molar-refractivity contribution >= 4 is 11.3 Å². The van der Waals surface area contributed by atoms with Crippen LogP contribution >= 0.6 is 11.3 Å². The smallest absolute Gasteiger partial charge is 0.123 e. The molecule has 114 valence electrons. The molecule has 2 nitrogen and oxygen atoms in total. The van der Waals surface area contributed by atoms with E-state index >= 15 is 0 Å². The zero-order valence-corrected chi connectivity index (χ0v) is 13.8. The normalized spacial score (nSPS) is 11.3. The molecule has 0 aliphatic rings. The molecule has 0 unspecified atom stereocenters. The van der Waals surface area contributed by atoms with Crippen LogP contribution < -0.4 is 5.32 Å². The first kappa shape index (κ1) is 16.1. The van der Waals surface area contributed by atoms with E-state index in [1.54, 1.807) is 12.1 Å². The molecule has 1 aromatic heterocycles. The van der Waals surface area contributed by atoms with Gasteiger partial charge in [0.15, 0.2) is 0 Å². The van der Waals surface area contributed by atoms with E-state index in [9.17, 15) is 4.39 Å². The van der Waals surface area contributed by atoms with Gasteiger partial charge in [0.25, 0.3) is 0 Å². The number of thiophene rings is 1. The third-order valence-corrected chi connectivity index (χ3v) is 4.50. The number of rotatable bonds is 7. The Labute approximate surface area is 130 Å². The molecule has 0 saturated heterocycles. The van der Waals surface area contributed by atoms with Gasteiger partial charge in [-0.25, -0.2) is 4.39 Å². The van der Waals surface area contributed by atoms with Crippen LogP contribution in [0, 0.1) is 12.7 Å². The zero-order valence-electron chi connectivity index (χ0n) is 12.9. The fourth-order valence-electron chi connectivity index (χ4n) is 2.37. The Morgan fingerprint density at radius 1 is 1.24 bits per heavy atom. The standard InChI is InChI=1S/C17H23FN2S/c1-4-19-10-17-9-15(13(2)21-17)12-20(3)11-14-6-5-7-16(18)8-14/h5-9,19H,4,10-12H2,1-3H3. The summed E-state index contributed by atoms with van der Waals surface area (Å²) < 4.78 is 13.2. The maximum Gasteiger partial charge on any atom is 0.123 e. The van der Waals surface area contributed by atoms with Crippen LogP contribution in [-0.2, 0) is 19.6 Å². The molecule has 1 heterocycles. The minimum atomic E-state index is -0.166. The van der Waals surface area contributed by atoms with Crippen molar-refractivity contribution in [3.05, 3.63) is 57.0 Å². The first-order chi connectivity index (χ1) is 10.1. The quantitative estimate of drug-likeness (QED) is 0.833. The van der Waals surface area contributed by atoms with E-state index in [-0.39, 0.29) is 5.82 Å². The third-order valence-electron chi connectivity index (χ3n) is 3.40. The van der Waals surface area contributed by atoms with Gasteiger partial charge in [-0.2, -0.15) is 0 Å². The number of nitrogens with zero attached hydrogens (tertiary/aromatic N) is 1. The largest absolute Gasteiger partial charge is 0.312 e. The molecule has 0 atom stereocenters. The van der Waals surface area contributed by atoms with Crippen LogP contribution in [0.15, 0.2) is 30.3 Å². The van der Waals surface area contributed by atoms with Gasteiger partial charge in [0, 0.05) is 29.4 Å². The molecular formula is C17H23FN2S. The SMILES string of the molecule is CCNCc1cc(CN(C)Cc2cccc(F)c2)c(C)s1. The van der Waals surface area contributed by atoms with E-state index in [0.717, 1.165) is 31.7 Å². The molecule has 0 fully saturated rings. The van der Waals surface area contributed by atoms with Crippen molar-refractivity contribution in [1.82, 2.24) is 10.2 Å². The first-order valence-corrected chi connectivity index (χ1v) is 8.12. The third kappa shape index (κ3) is 4.92. The fourth-order valence-corrected chi connectivity index (χ4v) is 3.40. The molecule has 0 radical (unpaired) electrons. The highest BCUT2D eigenvalue weighted by Crippen LogP contribution is 2.23. The lowest BCUT2D eigenvalue weighted by atomic mass is 10.2. The topological polar surface area (TPSA) is 15.3 Å². The molecule has 0 spiro atoms. The van der Waals surface area contributed by atoms with Gasteiger partial charge in [-0.3, -0.25) is 4.90 Å². The first-order valence-electron chi connectivity index (χ1n) is 7.30. The molecule has 4 heteroatoms. The highest BCUT2D eigenvalue weighted by molar-refractivity contribution is 7.12. The van der Waals surface area contributed by atoms with Crippen molar-refractivity contribution in [2.75, 3.05) is 13.6 Å². The summed E-state index contributed by atoms with van der Waals surface area (Å²) >= 11 is 1.86. The monoisotopic (exact) mass is 306 g/mol. The van der Waals surface area contributed by atoms with Crippen molar-refractivity contribution in [3.8, 4) is 0 Å². The summed E-state index contributed by atoms with van der Waals surface area (Å²) in [5.41, 5.74) is 2.38. The van der Waals surface area contributed by atoms with Gasteiger partial charge in [-0.15, -0.1) is 11.3 Å². The summed E-state index contributed by atoms with van der Waals surface area (Å²) in [6.45, 7) is 7.88. The van der Waals surface area contributed by atoms with Crippen LogP contribution in [0.2, 0.25) is 0 Å². The fraction of sp³-hybridized carbons (Fsp3) is 0.412. The lowest BCUT2D eigenvalue weighted by molar-refractivity contribution is 0.318. The second-order valence-electron chi connectivity index (χ2n) is 5.38. The molecule has 0 bridgehead atoms. The average molecular weight is 306 g/mol.